The lowest BCUT2D eigenvalue weighted by Crippen LogP contribution is -2.66. The van der Waals surface area contributed by atoms with E-state index in [0.717, 1.165) is 6.61 Å². The Hall–Kier alpha value is 0.571. The predicted molar refractivity (Wildman–Crippen MR) is 129 cm³/mol. The average molecular weight is 418 g/mol. The van der Waals surface area contributed by atoms with E-state index in [2.05, 4.69) is 66.5 Å². The maximum atomic E-state index is 6.60. The van der Waals surface area contributed by atoms with Gasteiger partial charge in [0.1, 0.15) is 16.5 Å². The van der Waals surface area contributed by atoms with E-state index in [1.54, 1.807) is 0 Å². The summed E-state index contributed by atoms with van der Waals surface area (Å²) in [5.41, 5.74) is 0. The molecule has 0 unspecified atom stereocenters. The van der Waals surface area contributed by atoms with Crippen LogP contribution in [0.15, 0.2) is 0 Å². The normalized spacial score (nSPS) is 13.6. The summed E-state index contributed by atoms with van der Waals surface area (Å²) in [4.78, 5) is 0. The van der Waals surface area contributed by atoms with E-state index < -0.39 is 24.8 Å². The van der Waals surface area contributed by atoms with Crippen molar-refractivity contribution in [2.45, 2.75) is 123 Å². The fraction of sp³-hybridized carbons (Fsp3) is 1.00. The van der Waals surface area contributed by atoms with Crippen LogP contribution in [-0.4, -0.2) is 42.2 Å². The maximum Gasteiger partial charge on any atom is 0.191 e. The van der Waals surface area contributed by atoms with E-state index in [9.17, 15) is 0 Å². The summed E-state index contributed by atoms with van der Waals surface area (Å²) < 4.78 is 9.80. The van der Waals surface area contributed by atoms with Gasteiger partial charge in [-0.3, -0.25) is 0 Å². The van der Waals surface area contributed by atoms with Crippen molar-refractivity contribution in [2.24, 2.45) is 0 Å². The molecule has 0 spiro atoms. The fourth-order valence-corrected chi connectivity index (χ4v) is 21.3. The van der Waals surface area contributed by atoms with E-state index in [4.69, 9.17) is 4.43 Å². The number of rotatable bonds is 16. The molecule has 0 heterocycles. The molecule has 5 heteroatoms. The van der Waals surface area contributed by atoms with E-state index in [0.29, 0.717) is 0 Å². The second-order valence-electron chi connectivity index (χ2n) is 8.17. The van der Waals surface area contributed by atoms with Crippen LogP contribution in [-0.2, 0) is 4.43 Å². The Labute approximate surface area is 169 Å². The van der Waals surface area contributed by atoms with Gasteiger partial charge in [0, 0.05) is 6.61 Å². The second kappa shape index (κ2) is 12.9. The highest BCUT2D eigenvalue weighted by molar-refractivity contribution is 6.92. The van der Waals surface area contributed by atoms with Crippen LogP contribution in [0.4, 0.5) is 0 Å². The van der Waals surface area contributed by atoms with Gasteiger partial charge in [-0.05, 0) is 67.4 Å². The first kappa shape index (κ1) is 26.6. The van der Waals surface area contributed by atoms with Crippen LogP contribution in [0.3, 0.4) is 0 Å². The fourth-order valence-electron chi connectivity index (χ4n) is 5.19. The molecule has 2 nitrogen and oxygen atoms in total. The van der Waals surface area contributed by atoms with Crippen LogP contribution < -0.4 is 0 Å². The summed E-state index contributed by atoms with van der Waals surface area (Å²) in [6.45, 7) is 24.2. The lowest BCUT2D eigenvalue weighted by molar-refractivity contribution is 0.285. The molecule has 0 aliphatic heterocycles. The van der Waals surface area contributed by atoms with Crippen molar-refractivity contribution < 1.29 is 4.43 Å². The number of nitrogens with zero attached hydrogens (tertiary/aromatic N) is 1. The standard InChI is InChI=1S/C21H51NOSi3/c1-10-24(11-2,12-3)22(25(13-4,14-5)15-6)20-19-21-23-26(16-7,17-8)18-9/h10-21H2,1-9H3. The molecule has 0 saturated carbocycles. The van der Waals surface area contributed by atoms with Crippen molar-refractivity contribution in [3.8, 4) is 0 Å². The molecule has 0 aliphatic carbocycles. The molecule has 0 bridgehead atoms. The van der Waals surface area contributed by atoms with Crippen LogP contribution in [0.5, 0.6) is 0 Å². The Morgan fingerprint density at radius 2 is 0.885 bits per heavy atom. The molecule has 158 valence electrons. The topological polar surface area (TPSA) is 12.5 Å². The van der Waals surface area contributed by atoms with Crippen molar-refractivity contribution in [1.29, 1.82) is 0 Å². The highest BCUT2D eigenvalue weighted by Crippen LogP contribution is 2.36. The minimum Gasteiger partial charge on any atom is -0.417 e. The number of hydrogen-bond acceptors (Lipinski definition) is 2. The second-order valence-corrected chi connectivity index (χ2v) is 23.6. The summed E-state index contributed by atoms with van der Waals surface area (Å²) in [6, 6.07) is 12.4. The summed E-state index contributed by atoms with van der Waals surface area (Å²) in [5.74, 6) is 0. The zero-order chi connectivity index (χ0) is 20.3. The van der Waals surface area contributed by atoms with Crippen molar-refractivity contribution in [1.82, 2.24) is 4.23 Å². The van der Waals surface area contributed by atoms with Crippen molar-refractivity contribution in [3.63, 3.8) is 0 Å². The zero-order valence-corrected chi connectivity index (χ0v) is 22.8. The molecular weight excluding hydrogens is 366 g/mol. The quantitative estimate of drug-likeness (QED) is 0.188. The Bertz CT molecular complexity index is 308. The van der Waals surface area contributed by atoms with Gasteiger partial charge in [0.2, 0.25) is 0 Å². The molecular formula is C21H51NOSi3. The zero-order valence-electron chi connectivity index (χ0n) is 19.8. The lowest BCUT2D eigenvalue weighted by Gasteiger charge is -2.52. The summed E-state index contributed by atoms with van der Waals surface area (Å²) in [6.07, 6.45) is 1.25. The van der Waals surface area contributed by atoms with Gasteiger partial charge in [-0.1, -0.05) is 62.3 Å². The molecule has 0 saturated heterocycles. The van der Waals surface area contributed by atoms with E-state index in [-0.39, 0.29) is 0 Å². The average Bonchev–Trinajstić information content (AvgIpc) is 2.71. The van der Waals surface area contributed by atoms with Crippen molar-refractivity contribution in [2.75, 3.05) is 13.2 Å². The molecule has 0 aromatic rings. The van der Waals surface area contributed by atoms with Crippen LogP contribution in [0.1, 0.15) is 68.7 Å². The molecule has 0 amide bonds. The van der Waals surface area contributed by atoms with E-state index >= 15 is 0 Å². The molecule has 0 atom stereocenters. The van der Waals surface area contributed by atoms with Gasteiger partial charge >= 0.3 is 0 Å². The van der Waals surface area contributed by atoms with Gasteiger partial charge in [0.25, 0.3) is 0 Å². The smallest absolute Gasteiger partial charge is 0.191 e. The predicted octanol–water partition coefficient (Wildman–Crippen LogP) is 7.71. The SMILES string of the molecule is CC[Si](CC)(CC)OCCCN([Si](CC)(CC)CC)[Si](CC)(CC)CC. The first-order valence-corrected chi connectivity index (χ1v) is 19.5. The first-order chi connectivity index (χ1) is 12.4. The summed E-state index contributed by atoms with van der Waals surface area (Å²) in [5, 5.41) is 0. The Morgan fingerprint density at radius 1 is 0.538 bits per heavy atom. The van der Waals surface area contributed by atoms with Gasteiger partial charge in [0.05, 0.1) is 0 Å². The van der Waals surface area contributed by atoms with Gasteiger partial charge in [-0.15, -0.1) is 0 Å². The summed E-state index contributed by atoms with van der Waals surface area (Å²) in [7, 11) is -4.06. The third-order valence-corrected chi connectivity index (χ3v) is 26.1. The first-order valence-electron chi connectivity index (χ1n) is 11.8. The summed E-state index contributed by atoms with van der Waals surface area (Å²) >= 11 is 0. The van der Waals surface area contributed by atoms with Crippen molar-refractivity contribution >= 4 is 24.8 Å². The van der Waals surface area contributed by atoms with Crippen LogP contribution in [0.2, 0.25) is 54.4 Å². The molecule has 0 radical (unpaired) electrons. The van der Waals surface area contributed by atoms with Gasteiger partial charge in [0.15, 0.2) is 8.32 Å². The Kier molecular flexibility index (Phi) is 13.2. The monoisotopic (exact) mass is 417 g/mol. The molecule has 0 aromatic heterocycles. The van der Waals surface area contributed by atoms with Crippen LogP contribution in [0.25, 0.3) is 0 Å². The minimum absolute atomic E-state index is 1.00. The molecule has 26 heavy (non-hydrogen) atoms. The van der Waals surface area contributed by atoms with Crippen LogP contribution in [0, 0.1) is 0 Å². The molecule has 0 fully saturated rings. The maximum absolute atomic E-state index is 6.60. The Balaban J connectivity index is 5.33. The van der Waals surface area contributed by atoms with Gasteiger partial charge in [-0.2, -0.15) is 0 Å². The van der Waals surface area contributed by atoms with Crippen LogP contribution >= 0.6 is 0 Å². The number of hydrogen-bond donors (Lipinski definition) is 0. The highest BCUT2D eigenvalue weighted by atomic mass is 28.4. The third kappa shape index (κ3) is 6.03. The van der Waals surface area contributed by atoms with Gasteiger partial charge < -0.3 is 8.66 Å². The van der Waals surface area contributed by atoms with Gasteiger partial charge in [-0.25, -0.2) is 0 Å². The Morgan fingerprint density at radius 3 is 1.15 bits per heavy atom. The minimum atomic E-state index is -1.43. The third-order valence-electron chi connectivity index (χ3n) is 7.96. The molecule has 0 aliphatic rings. The molecule has 0 N–H and O–H groups in total. The lowest BCUT2D eigenvalue weighted by atomic mass is 10.5. The largest absolute Gasteiger partial charge is 0.417 e. The van der Waals surface area contributed by atoms with E-state index in [1.807, 2.05) is 0 Å². The van der Waals surface area contributed by atoms with E-state index in [1.165, 1.54) is 67.4 Å². The molecule has 0 rings (SSSR count). The molecule has 0 aromatic carbocycles. The van der Waals surface area contributed by atoms with Crippen molar-refractivity contribution in [3.05, 3.63) is 0 Å². The highest BCUT2D eigenvalue weighted by Gasteiger charge is 2.45.